The second kappa shape index (κ2) is 5.92. The average Bonchev–Trinajstić information content (AvgIpc) is 2.85. The van der Waals surface area contributed by atoms with Gasteiger partial charge in [-0.15, -0.1) is 11.8 Å². The van der Waals surface area contributed by atoms with E-state index < -0.39 is 0 Å². The van der Waals surface area contributed by atoms with Crippen molar-refractivity contribution < 1.29 is 4.79 Å². The van der Waals surface area contributed by atoms with E-state index >= 15 is 0 Å². The average molecular weight is 375 g/mol. The Hall–Kier alpha value is -1.20. The zero-order valence-electron chi connectivity index (χ0n) is 16.0. The van der Waals surface area contributed by atoms with Gasteiger partial charge in [0.1, 0.15) is 5.78 Å². The highest BCUT2D eigenvalue weighted by Gasteiger charge is 2.73. The molecule has 3 nitrogen and oxygen atoms in total. The normalized spacial score (nSPS) is 20.4. The molecule has 0 bridgehead atoms. The lowest BCUT2D eigenvalue weighted by molar-refractivity contribution is -0.152. The molecule has 0 atom stereocenters. The molecular formula is C20H26N2OS2. The van der Waals surface area contributed by atoms with E-state index in [0.29, 0.717) is 5.78 Å². The second-order valence-electron chi connectivity index (χ2n) is 7.76. The van der Waals surface area contributed by atoms with Crippen molar-refractivity contribution in [1.82, 2.24) is 9.55 Å². The van der Waals surface area contributed by atoms with Crippen LogP contribution in [0.4, 0.5) is 0 Å². The third-order valence-corrected chi connectivity index (χ3v) is 9.78. The summed E-state index contributed by atoms with van der Waals surface area (Å²) < 4.78 is 1.94. The molecule has 25 heavy (non-hydrogen) atoms. The number of imidazole rings is 1. The highest BCUT2D eigenvalue weighted by molar-refractivity contribution is 8.18. The molecule has 134 valence electrons. The minimum absolute atomic E-state index is 0.226. The number of rotatable bonds is 4. The van der Waals surface area contributed by atoms with Gasteiger partial charge < -0.3 is 4.57 Å². The Morgan fingerprint density at radius 2 is 1.60 bits per heavy atom. The fraction of sp³-hybridized carbons (Fsp3) is 0.500. The van der Waals surface area contributed by atoms with Gasteiger partial charge >= 0.3 is 0 Å². The highest BCUT2D eigenvalue weighted by atomic mass is 32.2. The number of nitrogens with zero attached hydrogens (tertiary/aromatic N) is 2. The molecule has 2 aromatic rings. The number of benzene rings is 1. The van der Waals surface area contributed by atoms with Gasteiger partial charge in [-0.25, -0.2) is 4.98 Å². The van der Waals surface area contributed by atoms with Crippen LogP contribution >= 0.6 is 23.5 Å². The van der Waals surface area contributed by atoms with E-state index in [-0.39, 0.29) is 14.9 Å². The summed E-state index contributed by atoms with van der Waals surface area (Å²) in [5.74, 6) is 0.330. The van der Waals surface area contributed by atoms with Crippen LogP contribution in [0.15, 0.2) is 35.5 Å². The number of aromatic nitrogens is 2. The third kappa shape index (κ3) is 2.35. The fourth-order valence-electron chi connectivity index (χ4n) is 4.43. The van der Waals surface area contributed by atoms with Crippen molar-refractivity contribution in [3.63, 3.8) is 0 Å². The summed E-state index contributed by atoms with van der Waals surface area (Å²) >= 11 is 3.53. The highest BCUT2D eigenvalue weighted by Crippen LogP contribution is 2.71. The molecule has 0 amide bonds. The predicted molar refractivity (Wildman–Crippen MR) is 108 cm³/mol. The zero-order valence-corrected chi connectivity index (χ0v) is 17.6. The van der Waals surface area contributed by atoms with Gasteiger partial charge in [-0.2, -0.15) is 0 Å². The number of carbonyl (C=O) groups excluding carboxylic acids is 1. The molecule has 0 spiro atoms. The summed E-state index contributed by atoms with van der Waals surface area (Å²) in [6.45, 7) is 10.3. The Balaban J connectivity index is 2.06. The van der Waals surface area contributed by atoms with Crippen LogP contribution in [0.3, 0.4) is 0 Å². The van der Waals surface area contributed by atoms with Crippen LogP contribution in [0.1, 0.15) is 33.4 Å². The quantitative estimate of drug-likeness (QED) is 0.691. The number of thioether (sulfide) groups is 2. The molecule has 1 aromatic heterocycles. The van der Waals surface area contributed by atoms with E-state index in [2.05, 4.69) is 76.8 Å². The van der Waals surface area contributed by atoms with Gasteiger partial charge in [-0.05, 0) is 13.2 Å². The van der Waals surface area contributed by atoms with Gasteiger partial charge in [0.2, 0.25) is 0 Å². The Labute approximate surface area is 159 Å². The number of hydrogen-bond acceptors (Lipinski definition) is 4. The van der Waals surface area contributed by atoms with Gasteiger partial charge in [0, 0.05) is 23.4 Å². The molecule has 5 heteroatoms. The monoisotopic (exact) mass is 374 g/mol. The fourth-order valence-corrected chi connectivity index (χ4v) is 7.56. The molecule has 0 unspecified atom stereocenters. The van der Waals surface area contributed by atoms with Crippen LogP contribution in [-0.2, 0) is 11.8 Å². The Bertz CT molecular complexity index is 804. The van der Waals surface area contributed by atoms with E-state index in [1.54, 1.807) is 23.5 Å². The van der Waals surface area contributed by atoms with E-state index in [0.717, 1.165) is 16.5 Å². The SMILES string of the molecule is CSC1(Sc2nc(C)c(-c3ccccc3)n2C)C(C)(C)C(=O)C1(C)C. The Morgan fingerprint density at radius 1 is 1.04 bits per heavy atom. The first kappa shape index (κ1) is 18.6. The van der Waals surface area contributed by atoms with Crippen molar-refractivity contribution in [2.45, 2.75) is 43.9 Å². The summed E-state index contributed by atoms with van der Waals surface area (Å²) in [6, 6.07) is 10.4. The summed E-state index contributed by atoms with van der Waals surface area (Å²) in [5, 5.41) is 0.972. The van der Waals surface area contributed by atoms with Crippen LogP contribution in [0.25, 0.3) is 11.3 Å². The molecule has 3 rings (SSSR count). The molecule has 0 aliphatic heterocycles. The molecule has 0 N–H and O–H groups in total. The molecule has 1 aromatic carbocycles. The maximum absolute atomic E-state index is 12.7. The van der Waals surface area contributed by atoms with Crippen molar-refractivity contribution in [2.75, 3.05) is 6.26 Å². The van der Waals surface area contributed by atoms with Gasteiger partial charge in [0.25, 0.3) is 0 Å². The molecule has 1 heterocycles. The van der Waals surface area contributed by atoms with Crippen LogP contribution < -0.4 is 0 Å². The Kier molecular flexibility index (Phi) is 4.40. The molecule has 1 fully saturated rings. The van der Waals surface area contributed by atoms with E-state index in [4.69, 9.17) is 4.98 Å². The topological polar surface area (TPSA) is 34.9 Å². The summed E-state index contributed by atoms with van der Waals surface area (Å²) in [5.41, 5.74) is 2.57. The Morgan fingerprint density at radius 3 is 2.12 bits per heavy atom. The zero-order chi connectivity index (χ0) is 18.6. The number of carbonyl (C=O) groups is 1. The second-order valence-corrected chi connectivity index (χ2v) is 10.2. The van der Waals surface area contributed by atoms with E-state index in [9.17, 15) is 4.79 Å². The lowest BCUT2D eigenvalue weighted by Gasteiger charge is -2.63. The standard InChI is InChI=1S/C20H26N2OS2/c1-13-15(14-11-9-8-10-12-14)22(6)17(21-13)25-20(24-7)18(2,3)16(23)19(20,4)5/h8-12H,1-7H3. The smallest absolute Gasteiger partial charge is 0.169 e. The first-order chi connectivity index (χ1) is 11.6. The maximum Gasteiger partial charge on any atom is 0.169 e. The summed E-state index contributed by atoms with van der Waals surface area (Å²) in [7, 11) is 2.07. The van der Waals surface area contributed by atoms with Gasteiger partial charge in [0.15, 0.2) is 5.16 Å². The van der Waals surface area contributed by atoms with Gasteiger partial charge in [0.05, 0.1) is 15.5 Å². The van der Waals surface area contributed by atoms with E-state index in [1.165, 1.54) is 5.56 Å². The minimum Gasteiger partial charge on any atom is -0.322 e. The van der Waals surface area contributed by atoms with Crippen molar-refractivity contribution >= 4 is 29.3 Å². The molecule has 1 saturated carbocycles. The largest absolute Gasteiger partial charge is 0.322 e. The summed E-state index contributed by atoms with van der Waals surface area (Å²) in [6.07, 6.45) is 2.11. The molecule has 0 radical (unpaired) electrons. The maximum atomic E-state index is 12.7. The molecule has 1 aliphatic rings. The first-order valence-electron chi connectivity index (χ1n) is 8.48. The van der Waals surface area contributed by atoms with Crippen LogP contribution in [0.5, 0.6) is 0 Å². The molecule has 0 saturated heterocycles. The van der Waals surface area contributed by atoms with Gasteiger partial charge in [-0.3, -0.25) is 4.79 Å². The number of Topliss-reactive ketones (excluding diaryl/α,β-unsaturated/α-hetero) is 1. The minimum atomic E-state index is -0.382. The van der Waals surface area contributed by atoms with Crippen molar-refractivity contribution in [2.24, 2.45) is 17.9 Å². The third-order valence-electron chi connectivity index (χ3n) is 5.58. The first-order valence-corrected chi connectivity index (χ1v) is 10.5. The van der Waals surface area contributed by atoms with Crippen LogP contribution in [-0.4, -0.2) is 25.7 Å². The van der Waals surface area contributed by atoms with Crippen LogP contribution in [0.2, 0.25) is 0 Å². The molecular weight excluding hydrogens is 348 g/mol. The van der Waals surface area contributed by atoms with Gasteiger partial charge in [-0.1, -0.05) is 69.8 Å². The molecule has 1 aliphatic carbocycles. The lowest BCUT2D eigenvalue weighted by atomic mass is 9.53. The van der Waals surface area contributed by atoms with E-state index in [1.807, 2.05) is 6.07 Å². The number of aryl methyl sites for hydroxylation is 1. The number of ketones is 1. The lowest BCUT2D eigenvalue weighted by Crippen LogP contribution is -2.70. The predicted octanol–water partition coefficient (Wildman–Crippen LogP) is 5.18. The van der Waals surface area contributed by atoms with Crippen molar-refractivity contribution in [3.8, 4) is 11.3 Å². The van der Waals surface area contributed by atoms with Crippen molar-refractivity contribution in [1.29, 1.82) is 0 Å². The van der Waals surface area contributed by atoms with Crippen LogP contribution in [0, 0.1) is 17.8 Å². The van der Waals surface area contributed by atoms with Crippen molar-refractivity contribution in [3.05, 3.63) is 36.0 Å². The summed E-state index contributed by atoms with van der Waals surface area (Å²) in [4.78, 5) is 17.6. The number of hydrogen-bond donors (Lipinski definition) is 0.